The Bertz CT molecular complexity index is 1610. The van der Waals surface area contributed by atoms with Gasteiger partial charge in [-0.3, -0.25) is 4.90 Å². The van der Waals surface area contributed by atoms with E-state index in [0.29, 0.717) is 22.4 Å². The predicted molar refractivity (Wildman–Crippen MR) is 155 cm³/mol. The highest BCUT2D eigenvalue weighted by Gasteiger charge is 2.20. The molecule has 0 radical (unpaired) electrons. The molecule has 0 saturated carbocycles. The van der Waals surface area contributed by atoms with Gasteiger partial charge in [0.1, 0.15) is 0 Å². The van der Waals surface area contributed by atoms with Crippen molar-refractivity contribution in [1.29, 1.82) is 0 Å². The molecule has 7 heteroatoms. The molecule has 5 rings (SSSR count). The molecule has 0 atom stereocenters. The average molecular weight is 521 g/mol. The lowest BCUT2D eigenvalue weighted by Gasteiger charge is -2.19. The van der Waals surface area contributed by atoms with Gasteiger partial charge >= 0.3 is 5.97 Å². The van der Waals surface area contributed by atoms with Gasteiger partial charge in [0.15, 0.2) is 5.88 Å². The zero-order valence-corrected chi connectivity index (χ0v) is 22.4. The molecule has 0 saturated heterocycles. The van der Waals surface area contributed by atoms with Crippen LogP contribution in [0, 0.1) is 0 Å². The van der Waals surface area contributed by atoms with Crippen molar-refractivity contribution in [3.05, 3.63) is 114 Å². The van der Waals surface area contributed by atoms with Crippen LogP contribution in [0.1, 0.15) is 41.0 Å². The fourth-order valence-electron chi connectivity index (χ4n) is 4.82. The fourth-order valence-corrected chi connectivity index (χ4v) is 4.82. The Kier molecular flexibility index (Phi) is 7.61. The number of esters is 1. The molecule has 0 bridgehead atoms. The smallest absolute Gasteiger partial charge is 0.337 e. The van der Waals surface area contributed by atoms with Crippen molar-refractivity contribution in [3.63, 3.8) is 0 Å². The number of aromatic nitrogens is 2. The Morgan fingerprint density at radius 2 is 1.69 bits per heavy atom. The number of H-pyrrole nitrogens is 1. The summed E-state index contributed by atoms with van der Waals surface area (Å²) in [6, 6.07) is 27.3. The van der Waals surface area contributed by atoms with Crippen LogP contribution in [0.25, 0.3) is 16.6 Å². The first kappa shape index (κ1) is 26.0. The molecule has 0 aliphatic heterocycles. The molecule has 0 aliphatic carbocycles. The minimum Gasteiger partial charge on any atom is -0.494 e. The highest BCUT2D eigenvalue weighted by molar-refractivity contribution is 6.22. The predicted octanol–water partition coefficient (Wildman–Crippen LogP) is 6.46. The summed E-state index contributed by atoms with van der Waals surface area (Å²) in [6.45, 7) is 7.25. The number of benzene rings is 3. The molecule has 2 heterocycles. The van der Waals surface area contributed by atoms with Crippen molar-refractivity contribution in [2.45, 2.75) is 20.4 Å². The molecule has 0 fully saturated rings. The van der Waals surface area contributed by atoms with E-state index in [1.807, 2.05) is 42.5 Å². The first-order valence-electron chi connectivity index (χ1n) is 13.1. The Hall–Kier alpha value is -4.62. The third-order valence-corrected chi connectivity index (χ3v) is 6.97. The van der Waals surface area contributed by atoms with Gasteiger partial charge in [-0.05, 0) is 61.6 Å². The number of fused-ring (bicyclic) bond motifs is 1. The molecule has 7 nitrogen and oxygen atoms in total. The van der Waals surface area contributed by atoms with Gasteiger partial charge in [-0.25, -0.2) is 9.79 Å². The van der Waals surface area contributed by atoms with Crippen LogP contribution in [0.5, 0.6) is 5.88 Å². The molecule has 3 aromatic carbocycles. The summed E-state index contributed by atoms with van der Waals surface area (Å²) in [5.41, 5.74) is 6.14. The van der Waals surface area contributed by atoms with Crippen molar-refractivity contribution >= 4 is 28.3 Å². The molecule has 0 unspecified atom stereocenters. The minimum absolute atomic E-state index is 0.0142. The number of hydrogen-bond donors (Lipinski definition) is 2. The first-order chi connectivity index (χ1) is 19.0. The molecule has 2 aromatic heterocycles. The standard InChI is InChI=1S/C32H32N4O3/c1-4-35(5-2)21-26-12-9-19-36(26)25-16-14-24(15-17-25)33-30(22-10-7-6-8-11-22)29-27-18-13-23(32(38)39-3)20-28(27)34-31(29)37/h6-20,34,37H,4-5,21H2,1-3H3. The van der Waals surface area contributed by atoms with Crippen LogP contribution in [-0.4, -0.2) is 51.4 Å². The van der Waals surface area contributed by atoms with Crippen LogP contribution in [0.15, 0.2) is 96.1 Å². The van der Waals surface area contributed by atoms with Crippen molar-refractivity contribution in [2.24, 2.45) is 4.99 Å². The maximum Gasteiger partial charge on any atom is 0.337 e. The summed E-state index contributed by atoms with van der Waals surface area (Å²) >= 11 is 0. The highest BCUT2D eigenvalue weighted by atomic mass is 16.5. The number of methoxy groups -OCH3 is 1. The first-order valence-corrected chi connectivity index (χ1v) is 13.1. The lowest BCUT2D eigenvalue weighted by atomic mass is 10.00. The van der Waals surface area contributed by atoms with Crippen molar-refractivity contribution < 1.29 is 14.6 Å². The van der Waals surface area contributed by atoms with E-state index in [1.165, 1.54) is 12.8 Å². The largest absolute Gasteiger partial charge is 0.494 e. The molecule has 39 heavy (non-hydrogen) atoms. The number of nitrogens with one attached hydrogen (secondary N) is 1. The fraction of sp³-hybridized carbons (Fsp3) is 0.188. The van der Waals surface area contributed by atoms with Crippen LogP contribution < -0.4 is 0 Å². The number of nitrogens with zero attached hydrogens (tertiary/aromatic N) is 3. The van der Waals surface area contributed by atoms with Gasteiger partial charge in [-0.2, -0.15) is 0 Å². The average Bonchev–Trinajstić information content (AvgIpc) is 3.57. The van der Waals surface area contributed by atoms with E-state index in [0.717, 1.165) is 42.0 Å². The highest BCUT2D eigenvalue weighted by Crippen LogP contribution is 2.32. The van der Waals surface area contributed by atoms with Gasteiger partial charge in [-0.15, -0.1) is 0 Å². The number of aromatic hydroxyl groups is 1. The summed E-state index contributed by atoms with van der Waals surface area (Å²) in [7, 11) is 1.34. The van der Waals surface area contributed by atoms with E-state index >= 15 is 0 Å². The zero-order chi connectivity index (χ0) is 27.4. The lowest BCUT2D eigenvalue weighted by Crippen LogP contribution is -2.23. The maximum atomic E-state index is 12.0. The number of aromatic amines is 1. The number of hydrogen-bond acceptors (Lipinski definition) is 5. The SMILES string of the molecule is CCN(CC)Cc1cccn1-c1ccc(N=C(c2ccccc2)c2c(O)[nH]c3cc(C(=O)OC)ccc23)cc1. The van der Waals surface area contributed by atoms with E-state index in [-0.39, 0.29) is 5.88 Å². The van der Waals surface area contributed by atoms with E-state index in [2.05, 4.69) is 58.8 Å². The summed E-state index contributed by atoms with van der Waals surface area (Å²) in [6.07, 6.45) is 2.08. The van der Waals surface area contributed by atoms with Crippen LogP contribution in [0.2, 0.25) is 0 Å². The summed E-state index contributed by atoms with van der Waals surface area (Å²) in [5, 5.41) is 11.7. The molecular formula is C32H32N4O3. The Morgan fingerprint density at radius 3 is 2.38 bits per heavy atom. The molecule has 5 aromatic rings. The Balaban J connectivity index is 1.55. The third-order valence-electron chi connectivity index (χ3n) is 6.97. The Labute approximate surface area is 228 Å². The van der Waals surface area contributed by atoms with Crippen molar-refractivity contribution in [3.8, 4) is 11.6 Å². The van der Waals surface area contributed by atoms with E-state index < -0.39 is 5.97 Å². The van der Waals surface area contributed by atoms with Gasteiger partial charge in [-0.1, -0.05) is 50.2 Å². The van der Waals surface area contributed by atoms with Gasteiger partial charge < -0.3 is 19.4 Å². The number of rotatable bonds is 9. The van der Waals surface area contributed by atoms with Crippen LogP contribution in [-0.2, 0) is 11.3 Å². The molecule has 0 spiro atoms. The zero-order valence-electron chi connectivity index (χ0n) is 22.4. The number of ether oxygens (including phenoxy) is 1. The van der Waals surface area contributed by atoms with Crippen LogP contribution in [0.3, 0.4) is 0 Å². The van der Waals surface area contributed by atoms with Crippen molar-refractivity contribution in [1.82, 2.24) is 14.5 Å². The Morgan fingerprint density at radius 1 is 0.949 bits per heavy atom. The topological polar surface area (TPSA) is 82.9 Å². The monoisotopic (exact) mass is 520 g/mol. The normalized spacial score (nSPS) is 11.8. The van der Waals surface area contributed by atoms with E-state index in [1.54, 1.807) is 18.2 Å². The lowest BCUT2D eigenvalue weighted by molar-refractivity contribution is 0.0601. The van der Waals surface area contributed by atoms with Crippen LogP contribution >= 0.6 is 0 Å². The third kappa shape index (κ3) is 5.35. The number of carbonyl (C=O) groups excluding carboxylic acids is 1. The maximum absolute atomic E-state index is 12.0. The molecule has 0 amide bonds. The molecule has 2 N–H and O–H groups in total. The van der Waals surface area contributed by atoms with Gasteiger partial charge in [0, 0.05) is 40.6 Å². The second-order valence-corrected chi connectivity index (χ2v) is 9.27. The summed E-state index contributed by atoms with van der Waals surface area (Å²) in [5.74, 6) is -0.452. The molecule has 198 valence electrons. The molecule has 0 aliphatic rings. The van der Waals surface area contributed by atoms with Gasteiger partial charge in [0.05, 0.1) is 29.6 Å². The summed E-state index contributed by atoms with van der Waals surface area (Å²) < 4.78 is 7.05. The van der Waals surface area contributed by atoms with Crippen LogP contribution in [0.4, 0.5) is 5.69 Å². The van der Waals surface area contributed by atoms with E-state index in [9.17, 15) is 9.90 Å². The van der Waals surface area contributed by atoms with E-state index in [4.69, 9.17) is 9.73 Å². The quantitative estimate of drug-likeness (QED) is 0.173. The number of carbonyl (C=O) groups is 1. The molecular weight excluding hydrogens is 488 g/mol. The summed E-state index contributed by atoms with van der Waals surface area (Å²) in [4.78, 5) is 22.4. The second-order valence-electron chi connectivity index (χ2n) is 9.27. The minimum atomic E-state index is -0.437. The van der Waals surface area contributed by atoms with Gasteiger partial charge in [0.2, 0.25) is 0 Å². The number of aliphatic imine (C=N–C) groups is 1. The van der Waals surface area contributed by atoms with Gasteiger partial charge in [0.25, 0.3) is 0 Å². The van der Waals surface area contributed by atoms with Crippen molar-refractivity contribution in [2.75, 3.05) is 20.2 Å². The second kappa shape index (κ2) is 11.4.